The molecule has 0 heterocycles. The van der Waals surface area contributed by atoms with Crippen molar-refractivity contribution in [3.05, 3.63) is 29.3 Å². The van der Waals surface area contributed by atoms with Gasteiger partial charge in [0.1, 0.15) is 5.75 Å². The molecule has 0 amide bonds. The molecule has 0 bridgehead atoms. The summed E-state index contributed by atoms with van der Waals surface area (Å²) in [7, 11) is -1.89. The second-order valence-electron chi connectivity index (χ2n) is 3.62. The number of hydrogen-bond donors (Lipinski definition) is 0. The van der Waals surface area contributed by atoms with E-state index in [1.165, 1.54) is 7.11 Å². The van der Waals surface area contributed by atoms with E-state index in [4.69, 9.17) is 13.7 Å². The van der Waals surface area contributed by atoms with E-state index in [9.17, 15) is 8.42 Å². The first-order valence-corrected chi connectivity index (χ1v) is 6.79. The normalized spacial score (nSPS) is 11.5. The third-order valence-corrected chi connectivity index (χ3v) is 2.57. The van der Waals surface area contributed by atoms with Crippen LogP contribution in [0.2, 0.25) is 0 Å². The van der Waals surface area contributed by atoms with Crippen molar-refractivity contribution in [1.29, 1.82) is 0 Å². The van der Waals surface area contributed by atoms with Gasteiger partial charge in [-0.15, -0.1) is 0 Å². The topological polar surface area (TPSA) is 61.8 Å². The maximum absolute atomic E-state index is 10.9. The van der Waals surface area contributed by atoms with Crippen LogP contribution < -0.4 is 4.74 Å². The van der Waals surface area contributed by atoms with Gasteiger partial charge in [-0.3, -0.25) is 4.18 Å². The van der Waals surface area contributed by atoms with Crippen LogP contribution >= 0.6 is 0 Å². The van der Waals surface area contributed by atoms with Crippen LogP contribution in [0.4, 0.5) is 0 Å². The quantitative estimate of drug-likeness (QED) is 0.572. The molecule has 5 nitrogen and oxygen atoms in total. The van der Waals surface area contributed by atoms with Crippen LogP contribution in [0.5, 0.6) is 5.75 Å². The van der Waals surface area contributed by atoms with Gasteiger partial charge in [0.05, 0.1) is 12.9 Å². The Hall–Kier alpha value is -1.11. The molecule has 0 aliphatic carbocycles. The largest absolute Gasteiger partial charge is 0.467 e. The van der Waals surface area contributed by atoms with E-state index < -0.39 is 10.1 Å². The van der Waals surface area contributed by atoms with Gasteiger partial charge in [0.25, 0.3) is 10.1 Å². The van der Waals surface area contributed by atoms with E-state index >= 15 is 0 Å². The molecule has 1 rings (SSSR count). The van der Waals surface area contributed by atoms with Crippen LogP contribution in [0.1, 0.15) is 11.1 Å². The van der Waals surface area contributed by atoms with E-state index in [1.807, 2.05) is 13.0 Å². The lowest BCUT2D eigenvalue weighted by Crippen LogP contribution is -2.04. The molecule has 0 spiro atoms. The Kier molecular flexibility index (Phi) is 4.92. The Morgan fingerprint density at radius 1 is 1.29 bits per heavy atom. The molecule has 1 aromatic rings. The molecule has 0 unspecified atom stereocenters. The molecule has 0 aliphatic heterocycles. The highest BCUT2D eigenvalue weighted by Gasteiger charge is 2.05. The van der Waals surface area contributed by atoms with E-state index in [0.29, 0.717) is 5.75 Å². The van der Waals surface area contributed by atoms with Crippen LogP contribution in [0.3, 0.4) is 0 Å². The molecular formula is C11H16O5S. The first-order chi connectivity index (χ1) is 7.92. The number of aryl methyl sites for hydroxylation is 1. The standard InChI is InChI=1S/C11H16O5S/c1-9-4-5-10(7-16-17(3,12)13)6-11(9)15-8-14-2/h4-6H,7-8H2,1-3H3. The van der Waals surface area contributed by atoms with Crippen LogP contribution in [0.25, 0.3) is 0 Å². The molecule has 0 aromatic heterocycles. The summed E-state index contributed by atoms with van der Waals surface area (Å²) >= 11 is 0. The Morgan fingerprint density at radius 3 is 2.59 bits per heavy atom. The molecule has 0 aliphatic rings. The van der Waals surface area contributed by atoms with E-state index in [1.54, 1.807) is 12.1 Å². The second kappa shape index (κ2) is 6.00. The highest BCUT2D eigenvalue weighted by Crippen LogP contribution is 2.20. The third kappa shape index (κ3) is 5.16. The predicted molar refractivity (Wildman–Crippen MR) is 63.3 cm³/mol. The van der Waals surface area contributed by atoms with Crippen LogP contribution in [0.15, 0.2) is 18.2 Å². The van der Waals surface area contributed by atoms with Gasteiger partial charge < -0.3 is 9.47 Å². The molecule has 0 radical (unpaired) electrons. The van der Waals surface area contributed by atoms with Crippen molar-refractivity contribution in [3.63, 3.8) is 0 Å². The molecule has 0 saturated carbocycles. The summed E-state index contributed by atoms with van der Waals surface area (Å²) in [6.07, 6.45) is 1.02. The fraction of sp³-hybridized carbons (Fsp3) is 0.455. The van der Waals surface area contributed by atoms with Gasteiger partial charge in [0.2, 0.25) is 0 Å². The smallest absolute Gasteiger partial charge is 0.264 e. The molecule has 96 valence electrons. The van der Waals surface area contributed by atoms with Crippen LogP contribution in [0, 0.1) is 6.92 Å². The van der Waals surface area contributed by atoms with Gasteiger partial charge in [-0.05, 0) is 24.1 Å². The molecule has 17 heavy (non-hydrogen) atoms. The minimum absolute atomic E-state index is 0.00244. The summed E-state index contributed by atoms with van der Waals surface area (Å²) in [5, 5.41) is 0. The number of rotatable bonds is 6. The Morgan fingerprint density at radius 2 is 2.00 bits per heavy atom. The Labute approximate surface area is 101 Å². The van der Waals surface area contributed by atoms with Crippen molar-refractivity contribution in [2.75, 3.05) is 20.2 Å². The van der Waals surface area contributed by atoms with Crippen molar-refractivity contribution in [2.45, 2.75) is 13.5 Å². The molecule has 0 saturated heterocycles. The lowest BCUT2D eigenvalue weighted by molar-refractivity contribution is 0.0505. The summed E-state index contributed by atoms with van der Waals surface area (Å²) in [4.78, 5) is 0. The maximum Gasteiger partial charge on any atom is 0.264 e. The summed E-state index contributed by atoms with van der Waals surface area (Å²) in [5.74, 6) is 0.654. The van der Waals surface area contributed by atoms with Gasteiger partial charge in [0.15, 0.2) is 6.79 Å². The highest BCUT2D eigenvalue weighted by molar-refractivity contribution is 7.85. The summed E-state index contributed by atoms with van der Waals surface area (Å²) < 4.78 is 36.5. The fourth-order valence-corrected chi connectivity index (χ4v) is 1.54. The van der Waals surface area contributed by atoms with Crippen molar-refractivity contribution < 1.29 is 22.1 Å². The van der Waals surface area contributed by atoms with Crippen molar-refractivity contribution in [3.8, 4) is 5.75 Å². The summed E-state index contributed by atoms with van der Waals surface area (Å²) in [6.45, 7) is 2.05. The summed E-state index contributed by atoms with van der Waals surface area (Å²) in [6, 6.07) is 5.37. The summed E-state index contributed by atoms with van der Waals surface area (Å²) in [5.41, 5.74) is 1.68. The monoisotopic (exact) mass is 260 g/mol. The van der Waals surface area contributed by atoms with Gasteiger partial charge in [0, 0.05) is 7.11 Å². The van der Waals surface area contributed by atoms with Gasteiger partial charge in [-0.2, -0.15) is 8.42 Å². The lowest BCUT2D eigenvalue weighted by Gasteiger charge is -2.10. The number of hydrogen-bond acceptors (Lipinski definition) is 5. The molecule has 0 atom stereocenters. The van der Waals surface area contributed by atoms with Gasteiger partial charge >= 0.3 is 0 Å². The van der Waals surface area contributed by atoms with Gasteiger partial charge in [-0.1, -0.05) is 12.1 Å². The lowest BCUT2D eigenvalue weighted by atomic mass is 10.1. The minimum Gasteiger partial charge on any atom is -0.467 e. The zero-order valence-electron chi connectivity index (χ0n) is 10.1. The van der Waals surface area contributed by atoms with Crippen LogP contribution in [-0.4, -0.2) is 28.6 Å². The predicted octanol–water partition coefficient (Wildman–Crippen LogP) is 1.45. The Balaban J connectivity index is 2.74. The number of ether oxygens (including phenoxy) is 2. The zero-order valence-corrected chi connectivity index (χ0v) is 10.9. The van der Waals surface area contributed by atoms with Gasteiger partial charge in [-0.25, -0.2) is 0 Å². The first kappa shape index (κ1) is 14.0. The molecule has 1 aromatic carbocycles. The molecule has 6 heteroatoms. The first-order valence-electron chi connectivity index (χ1n) is 4.98. The average molecular weight is 260 g/mol. The molecule has 0 N–H and O–H groups in total. The molecular weight excluding hydrogens is 244 g/mol. The fourth-order valence-electron chi connectivity index (χ4n) is 1.19. The SMILES string of the molecule is COCOc1cc(COS(C)(=O)=O)ccc1C. The van der Waals surface area contributed by atoms with E-state index in [-0.39, 0.29) is 13.4 Å². The van der Waals surface area contributed by atoms with Crippen molar-refractivity contribution in [2.24, 2.45) is 0 Å². The second-order valence-corrected chi connectivity index (χ2v) is 5.26. The maximum atomic E-state index is 10.9. The highest BCUT2D eigenvalue weighted by atomic mass is 32.2. The number of benzene rings is 1. The third-order valence-electron chi connectivity index (χ3n) is 2.02. The Bertz CT molecular complexity index is 467. The van der Waals surface area contributed by atoms with Crippen molar-refractivity contribution in [1.82, 2.24) is 0 Å². The van der Waals surface area contributed by atoms with E-state index in [2.05, 4.69) is 0 Å². The van der Waals surface area contributed by atoms with E-state index in [0.717, 1.165) is 17.4 Å². The average Bonchev–Trinajstić information content (AvgIpc) is 2.25. The molecule has 0 fully saturated rings. The van der Waals surface area contributed by atoms with Crippen molar-refractivity contribution >= 4 is 10.1 Å². The van der Waals surface area contributed by atoms with Crippen LogP contribution in [-0.2, 0) is 25.6 Å². The minimum atomic E-state index is -3.43. The number of methoxy groups -OCH3 is 1. The zero-order chi connectivity index (χ0) is 12.9.